The summed E-state index contributed by atoms with van der Waals surface area (Å²) in [7, 11) is 3.92. The van der Waals surface area contributed by atoms with Crippen molar-refractivity contribution in [1.29, 1.82) is 0 Å². The van der Waals surface area contributed by atoms with Crippen molar-refractivity contribution >= 4 is 29.2 Å². The van der Waals surface area contributed by atoms with Crippen LogP contribution in [-0.2, 0) is 27.3 Å². The Labute approximate surface area is 163 Å². The van der Waals surface area contributed by atoms with Crippen LogP contribution in [-0.4, -0.2) is 38.5 Å². The van der Waals surface area contributed by atoms with Crippen LogP contribution >= 0.6 is 0 Å². The second kappa shape index (κ2) is 8.56. The van der Waals surface area contributed by atoms with Gasteiger partial charge in [0, 0.05) is 38.4 Å². The van der Waals surface area contributed by atoms with E-state index in [0.717, 1.165) is 16.8 Å². The topological polar surface area (TPSA) is 87.7 Å². The molecule has 1 heterocycles. The molecule has 2 aromatic carbocycles. The van der Waals surface area contributed by atoms with Crippen molar-refractivity contribution in [2.45, 2.75) is 19.4 Å². The Kier molecular flexibility index (Phi) is 5.93. The van der Waals surface area contributed by atoms with Gasteiger partial charge >= 0.3 is 5.97 Å². The highest BCUT2D eigenvalue weighted by molar-refractivity contribution is 5.96. The molecule has 3 rings (SSSR count). The van der Waals surface area contributed by atoms with Gasteiger partial charge < -0.3 is 20.3 Å². The second-order valence-corrected chi connectivity index (χ2v) is 6.83. The van der Waals surface area contributed by atoms with E-state index in [4.69, 9.17) is 4.74 Å². The zero-order chi connectivity index (χ0) is 20.1. The third-order valence-electron chi connectivity index (χ3n) is 4.51. The summed E-state index contributed by atoms with van der Waals surface area (Å²) < 4.78 is 5.10. The summed E-state index contributed by atoms with van der Waals surface area (Å²) >= 11 is 0. The number of carbonyl (C=O) groups excluding carboxylic acids is 3. The molecule has 0 fully saturated rings. The van der Waals surface area contributed by atoms with Gasteiger partial charge in [-0.3, -0.25) is 9.59 Å². The van der Waals surface area contributed by atoms with Crippen molar-refractivity contribution in [3.63, 3.8) is 0 Å². The Morgan fingerprint density at radius 1 is 1.11 bits per heavy atom. The lowest BCUT2D eigenvalue weighted by Gasteiger charge is -2.17. The Balaban J connectivity index is 1.47. The first-order chi connectivity index (χ1) is 13.4. The van der Waals surface area contributed by atoms with Gasteiger partial charge in [-0.05, 0) is 47.9 Å². The molecule has 0 aliphatic carbocycles. The summed E-state index contributed by atoms with van der Waals surface area (Å²) in [4.78, 5) is 37.5. The Morgan fingerprint density at radius 3 is 2.57 bits per heavy atom. The van der Waals surface area contributed by atoms with Crippen LogP contribution in [0.15, 0.2) is 42.5 Å². The number of esters is 1. The Morgan fingerprint density at radius 2 is 1.86 bits per heavy atom. The van der Waals surface area contributed by atoms with Gasteiger partial charge in [0.25, 0.3) is 5.91 Å². The molecule has 0 radical (unpaired) electrons. The number of hydrogen-bond donors (Lipinski definition) is 2. The van der Waals surface area contributed by atoms with Crippen LogP contribution in [0.25, 0.3) is 0 Å². The average molecular weight is 381 g/mol. The summed E-state index contributed by atoms with van der Waals surface area (Å²) in [6, 6.07) is 12.8. The predicted octanol–water partition coefficient (Wildman–Crippen LogP) is 2.11. The van der Waals surface area contributed by atoms with Crippen molar-refractivity contribution in [1.82, 2.24) is 5.32 Å². The normalized spacial score (nSPS) is 12.6. The molecule has 28 heavy (non-hydrogen) atoms. The molecule has 0 saturated heterocycles. The van der Waals surface area contributed by atoms with E-state index in [0.29, 0.717) is 30.6 Å². The molecule has 146 valence electrons. The lowest BCUT2D eigenvalue weighted by atomic mass is 10.0. The summed E-state index contributed by atoms with van der Waals surface area (Å²) in [6.45, 7) is 0.0189. The fourth-order valence-corrected chi connectivity index (χ4v) is 2.89. The van der Waals surface area contributed by atoms with Gasteiger partial charge in [0.2, 0.25) is 5.91 Å². The molecule has 2 aromatic rings. The number of carbonyl (C=O) groups is 3. The first-order valence-electron chi connectivity index (χ1n) is 9.05. The minimum absolute atomic E-state index is 0.0316. The van der Waals surface area contributed by atoms with E-state index in [2.05, 4.69) is 10.6 Å². The van der Waals surface area contributed by atoms with Crippen LogP contribution in [0.3, 0.4) is 0 Å². The highest BCUT2D eigenvalue weighted by atomic mass is 16.5. The molecule has 7 heteroatoms. The van der Waals surface area contributed by atoms with Crippen LogP contribution < -0.4 is 15.5 Å². The predicted molar refractivity (Wildman–Crippen MR) is 106 cm³/mol. The average Bonchev–Trinajstić information content (AvgIpc) is 2.70. The molecule has 2 N–H and O–H groups in total. The summed E-state index contributed by atoms with van der Waals surface area (Å²) in [5, 5.41) is 5.49. The van der Waals surface area contributed by atoms with Crippen molar-refractivity contribution < 1.29 is 19.1 Å². The van der Waals surface area contributed by atoms with E-state index in [1.807, 2.05) is 43.3 Å². The second-order valence-electron chi connectivity index (χ2n) is 6.83. The van der Waals surface area contributed by atoms with Gasteiger partial charge in [-0.15, -0.1) is 0 Å². The van der Waals surface area contributed by atoms with E-state index in [1.54, 1.807) is 18.2 Å². The molecule has 0 spiro atoms. The third-order valence-corrected chi connectivity index (χ3v) is 4.51. The summed E-state index contributed by atoms with van der Waals surface area (Å²) in [5.41, 5.74) is 4.00. The highest BCUT2D eigenvalue weighted by Crippen LogP contribution is 2.23. The smallest absolute Gasteiger partial charge is 0.338 e. The zero-order valence-corrected chi connectivity index (χ0v) is 16.0. The minimum Gasteiger partial charge on any atom is -0.452 e. The van der Waals surface area contributed by atoms with Gasteiger partial charge in [-0.1, -0.05) is 12.1 Å². The lowest BCUT2D eigenvalue weighted by Crippen LogP contribution is -2.28. The van der Waals surface area contributed by atoms with E-state index in [1.165, 1.54) is 0 Å². The van der Waals surface area contributed by atoms with E-state index < -0.39 is 5.97 Å². The van der Waals surface area contributed by atoms with Crippen LogP contribution in [0, 0.1) is 0 Å². The number of nitrogens with zero attached hydrogens (tertiary/aromatic N) is 1. The molecular weight excluding hydrogens is 358 g/mol. The molecule has 1 aliphatic rings. The Hall–Kier alpha value is -3.35. The molecule has 1 aliphatic heterocycles. The van der Waals surface area contributed by atoms with E-state index in [9.17, 15) is 14.4 Å². The van der Waals surface area contributed by atoms with Crippen LogP contribution in [0.4, 0.5) is 11.4 Å². The first-order valence-corrected chi connectivity index (χ1v) is 9.05. The number of fused-ring (bicyclic) bond motifs is 1. The van der Waals surface area contributed by atoms with Crippen molar-refractivity contribution in [3.05, 3.63) is 59.2 Å². The maximum absolute atomic E-state index is 12.2. The fourth-order valence-electron chi connectivity index (χ4n) is 2.89. The maximum Gasteiger partial charge on any atom is 0.338 e. The quantitative estimate of drug-likeness (QED) is 0.749. The monoisotopic (exact) mass is 381 g/mol. The van der Waals surface area contributed by atoms with Crippen LogP contribution in [0.1, 0.15) is 27.9 Å². The molecule has 2 amide bonds. The van der Waals surface area contributed by atoms with Gasteiger partial charge in [0.1, 0.15) is 0 Å². The number of hydrogen-bond acceptors (Lipinski definition) is 5. The number of rotatable bonds is 6. The van der Waals surface area contributed by atoms with Gasteiger partial charge in [-0.2, -0.15) is 0 Å². The molecule has 0 unspecified atom stereocenters. The van der Waals surface area contributed by atoms with E-state index >= 15 is 0 Å². The SMILES string of the molecule is CN(C)c1ccc(CNC(=O)COC(=O)c2ccc3c(c2)CCC(=O)N3)cc1. The number of benzene rings is 2. The number of aryl methyl sites for hydroxylation is 1. The number of anilines is 2. The minimum atomic E-state index is -0.565. The molecule has 0 atom stereocenters. The molecule has 7 nitrogen and oxygen atoms in total. The van der Waals surface area contributed by atoms with Crippen molar-refractivity contribution in [2.24, 2.45) is 0 Å². The molecule has 0 saturated carbocycles. The summed E-state index contributed by atoms with van der Waals surface area (Å²) in [5.74, 6) is -0.962. The Bertz CT molecular complexity index is 891. The lowest BCUT2D eigenvalue weighted by molar-refractivity contribution is -0.124. The number of ether oxygens (including phenoxy) is 1. The van der Waals surface area contributed by atoms with Crippen molar-refractivity contribution in [2.75, 3.05) is 30.9 Å². The highest BCUT2D eigenvalue weighted by Gasteiger charge is 2.17. The van der Waals surface area contributed by atoms with Gasteiger partial charge in [0.05, 0.1) is 5.56 Å². The number of amides is 2. The van der Waals surface area contributed by atoms with Crippen LogP contribution in [0.2, 0.25) is 0 Å². The first kappa shape index (κ1) is 19.4. The zero-order valence-electron chi connectivity index (χ0n) is 16.0. The van der Waals surface area contributed by atoms with E-state index in [-0.39, 0.29) is 18.4 Å². The molecule has 0 aromatic heterocycles. The summed E-state index contributed by atoms with van der Waals surface area (Å²) in [6.07, 6.45) is 0.971. The largest absolute Gasteiger partial charge is 0.452 e. The van der Waals surface area contributed by atoms with Gasteiger partial charge in [0.15, 0.2) is 6.61 Å². The molecular formula is C21H23N3O4. The van der Waals surface area contributed by atoms with Crippen molar-refractivity contribution in [3.8, 4) is 0 Å². The standard InChI is InChI=1S/C21H23N3O4/c1-24(2)17-7-3-14(4-8-17)12-22-20(26)13-28-21(27)16-5-9-18-15(11-16)6-10-19(25)23-18/h3-5,7-9,11H,6,10,12-13H2,1-2H3,(H,22,26)(H,23,25). The molecule has 0 bridgehead atoms. The number of nitrogens with one attached hydrogen (secondary N) is 2. The van der Waals surface area contributed by atoms with Gasteiger partial charge in [-0.25, -0.2) is 4.79 Å². The maximum atomic E-state index is 12.2. The third kappa shape index (κ3) is 4.88. The van der Waals surface area contributed by atoms with Crippen LogP contribution in [0.5, 0.6) is 0 Å². The fraction of sp³-hybridized carbons (Fsp3) is 0.286.